The van der Waals surface area contributed by atoms with Gasteiger partial charge in [0.05, 0.1) is 0 Å². The Bertz CT molecular complexity index is 180. The Balaban J connectivity index is 3.33. The molecule has 0 rings (SSSR count). The van der Waals surface area contributed by atoms with E-state index < -0.39 is 0 Å². The largest absolute Gasteiger partial charge is 0.115 e. The Morgan fingerprint density at radius 1 is 1.40 bits per heavy atom. The molecule has 0 bridgehead atoms. The number of terminal acetylenes is 1. The summed E-state index contributed by atoms with van der Waals surface area (Å²) in [7, 11) is 0. The van der Waals surface area contributed by atoms with E-state index in [9.17, 15) is 0 Å². The van der Waals surface area contributed by atoms with Crippen molar-refractivity contribution in [2.75, 3.05) is 0 Å². The van der Waals surface area contributed by atoms with Crippen LogP contribution in [0, 0.1) is 24.2 Å². The van der Waals surface area contributed by atoms with Crippen molar-refractivity contribution in [1.82, 2.24) is 0 Å². The zero-order valence-corrected chi connectivity index (χ0v) is 6.35. The lowest BCUT2D eigenvalue weighted by molar-refractivity contribution is 0.828. The zero-order chi connectivity index (χ0) is 7.66. The molecule has 0 aromatic carbocycles. The Morgan fingerprint density at radius 3 is 2.80 bits per heavy atom. The highest BCUT2D eigenvalue weighted by atomic mass is 13.8. The molecular weight excluding hydrogens is 120 g/mol. The second kappa shape index (κ2) is 7.86. The van der Waals surface area contributed by atoms with Crippen LogP contribution in [0.5, 0.6) is 0 Å². The highest BCUT2D eigenvalue weighted by molar-refractivity contribution is 5.22. The normalized spacial score (nSPS) is 8.40. The van der Waals surface area contributed by atoms with E-state index in [0.29, 0.717) is 0 Å². The number of allylic oxidation sites excluding steroid dienone is 2. The molecule has 0 fully saturated rings. The fourth-order valence-electron chi connectivity index (χ4n) is 0.486. The van der Waals surface area contributed by atoms with Crippen molar-refractivity contribution in [3.8, 4) is 24.2 Å². The lowest BCUT2D eigenvalue weighted by atomic mass is 10.2. The molecule has 0 radical (unpaired) electrons. The first-order valence-corrected chi connectivity index (χ1v) is 3.51. The molecule has 0 aliphatic rings. The number of hydrogen-bond acceptors (Lipinski definition) is 0. The minimum Gasteiger partial charge on any atom is -0.115 e. The van der Waals surface area contributed by atoms with Gasteiger partial charge in [-0.3, -0.25) is 0 Å². The lowest BCUT2D eigenvalue weighted by Crippen LogP contribution is -1.65. The van der Waals surface area contributed by atoms with Crippen molar-refractivity contribution in [2.45, 2.75) is 26.2 Å². The van der Waals surface area contributed by atoms with E-state index in [2.05, 4.69) is 24.7 Å². The standard InChI is InChI=1S/C10H12/c1-3-5-7-9-10-8-6-4-2/h1,5,7H,4,6,8H2,2H3. The number of unbranched alkanes of at least 4 members (excludes halogenated alkanes) is 2. The molecular formula is C10H12. The summed E-state index contributed by atoms with van der Waals surface area (Å²) in [6.45, 7) is 2.15. The molecule has 0 aliphatic carbocycles. The van der Waals surface area contributed by atoms with E-state index in [0.717, 1.165) is 6.42 Å². The van der Waals surface area contributed by atoms with Gasteiger partial charge in [-0.1, -0.05) is 31.1 Å². The van der Waals surface area contributed by atoms with Gasteiger partial charge in [-0.25, -0.2) is 0 Å². The predicted molar refractivity (Wildman–Crippen MR) is 45.3 cm³/mol. The third-order valence-electron chi connectivity index (χ3n) is 1.02. The van der Waals surface area contributed by atoms with Crippen molar-refractivity contribution < 1.29 is 0 Å². The van der Waals surface area contributed by atoms with Crippen LogP contribution in [0.2, 0.25) is 0 Å². The molecule has 0 spiro atoms. The van der Waals surface area contributed by atoms with E-state index in [1.807, 2.05) is 0 Å². The summed E-state index contributed by atoms with van der Waals surface area (Å²) in [6, 6.07) is 0. The number of rotatable bonds is 2. The molecule has 0 aromatic rings. The van der Waals surface area contributed by atoms with Gasteiger partial charge in [0.15, 0.2) is 0 Å². The summed E-state index contributed by atoms with van der Waals surface area (Å²) in [4.78, 5) is 0. The topological polar surface area (TPSA) is 0 Å². The van der Waals surface area contributed by atoms with Gasteiger partial charge >= 0.3 is 0 Å². The van der Waals surface area contributed by atoms with Gasteiger partial charge in [0.1, 0.15) is 0 Å². The maximum Gasteiger partial charge on any atom is 0.00921 e. The zero-order valence-electron chi connectivity index (χ0n) is 6.35. The molecule has 0 heteroatoms. The van der Waals surface area contributed by atoms with Crippen molar-refractivity contribution in [3.05, 3.63) is 12.2 Å². The van der Waals surface area contributed by atoms with Gasteiger partial charge in [0.2, 0.25) is 0 Å². The summed E-state index contributed by atoms with van der Waals surface area (Å²) in [5.74, 6) is 8.21. The third kappa shape index (κ3) is 6.86. The summed E-state index contributed by atoms with van der Waals surface area (Å²) >= 11 is 0. The van der Waals surface area contributed by atoms with Crippen LogP contribution in [-0.4, -0.2) is 0 Å². The van der Waals surface area contributed by atoms with E-state index >= 15 is 0 Å². The first-order valence-electron chi connectivity index (χ1n) is 3.51. The maximum absolute atomic E-state index is 4.96. The van der Waals surface area contributed by atoms with Gasteiger partial charge in [0.25, 0.3) is 0 Å². The van der Waals surface area contributed by atoms with E-state index in [4.69, 9.17) is 6.42 Å². The van der Waals surface area contributed by atoms with Gasteiger partial charge < -0.3 is 0 Å². The van der Waals surface area contributed by atoms with Gasteiger partial charge in [-0.05, 0) is 18.6 Å². The SMILES string of the molecule is C#CC=CC#CCCCC. The van der Waals surface area contributed by atoms with E-state index in [1.165, 1.54) is 12.8 Å². The molecule has 0 aromatic heterocycles. The molecule has 0 unspecified atom stereocenters. The van der Waals surface area contributed by atoms with Crippen molar-refractivity contribution in [1.29, 1.82) is 0 Å². The molecule has 52 valence electrons. The van der Waals surface area contributed by atoms with E-state index in [-0.39, 0.29) is 0 Å². The fraction of sp³-hybridized carbons (Fsp3) is 0.400. The van der Waals surface area contributed by atoms with Gasteiger partial charge in [-0.2, -0.15) is 0 Å². The van der Waals surface area contributed by atoms with Gasteiger partial charge in [0, 0.05) is 6.42 Å². The van der Waals surface area contributed by atoms with E-state index in [1.54, 1.807) is 12.2 Å². The lowest BCUT2D eigenvalue weighted by Gasteiger charge is -1.81. The summed E-state index contributed by atoms with van der Waals surface area (Å²) in [5, 5.41) is 0. The first kappa shape index (κ1) is 8.86. The molecule has 0 N–H and O–H groups in total. The molecule has 0 saturated carbocycles. The fourth-order valence-corrected chi connectivity index (χ4v) is 0.486. The van der Waals surface area contributed by atoms with Crippen molar-refractivity contribution in [3.63, 3.8) is 0 Å². The monoisotopic (exact) mass is 132 g/mol. The second-order valence-electron chi connectivity index (χ2n) is 1.92. The Hall–Kier alpha value is -1.14. The Morgan fingerprint density at radius 2 is 2.20 bits per heavy atom. The predicted octanol–water partition coefficient (Wildman–Crippen LogP) is 2.37. The average Bonchev–Trinajstić information content (AvgIpc) is 1.97. The summed E-state index contributed by atoms with van der Waals surface area (Å²) in [6.07, 6.45) is 11.6. The quantitative estimate of drug-likeness (QED) is 0.399. The molecule has 0 heterocycles. The second-order valence-corrected chi connectivity index (χ2v) is 1.92. The van der Waals surface area contributed by atoms with Crippen LogP contribution in [0.25, 0.3) is 0 Å². The first-order chi connectivity index (χ1) is 4.91. The highest BCUT2D eigenvalue weighted by Gasteiger charge is 1.73. The van der Waals surface area contributed by atoms with Crippen LogP contribution < -0.4 is 0 Å². The summed E-state index contributed by atoms with van der Waals surface area (Å²) in [5.41, 5.74) is 0. The highest BCUT2D eigenvalue weighted by Crippen LogP contribution is 1.89. The van der Waals surface area contributed by atoms with Crippen LogP contribution in [0.4, 0.5) is 0 Å². The van der Waals surface area contributed by atoms with Crippen LogP contribution in [0.15, 0.2) is 12.2 Å². The van der Waals surface area contributed by atoms with Crippen LogP contribution >= 0.6 is 0 Å². The molecule has 0 atom stereocenters. The number of hydrogen-bond donors (Lipinski definition) is 0. The molecule has 0 saturated heterocycles. The molecule has 0 amide bonds. The summed E-state index contributed by atoms with van der Waals surface area (Å²) < 4.78 is 0. The Kier molecular flexibility index (Phi) is 6.96. The third-order valence-corrected chi connectivity index (χ3v) is 1.02. The van der Waals surface area contributed by atoms with Crippen LogP contribution in [0.3, 0.4) is 0 Å². The smallest absolute Gasteiger partial charge is 0.00921 e. The van der Waals surface area contributed by atoms with Crippen molar-refractivity contribution >= 4 is 0 Å². The van der Waals surface area contributed by atoms with Crippen LogP contribution in [0.1, 0.15) is 26.2 Å². The molecule has 10 heavy (non-hydrogen) atoms. The Labute approximate surface area is 63.3 Å². The molecule has 0 aliphatic heterocycles. The van der Waals surface area contributed by atoms with Crippen molar-refractivity contribution in [2.24, 2.45) is 0 Å². The minimum absolute atomic E-state index is 0.978. The van der Waals surface area contributed by atoms with Crippen LogP contribution in [-0.2, 0) is 0 Å². The average molecular weight is 132 g/mol. The molecule has 0 nitrogen and oxygen atoms in total. The van der Waals surface area contributed by atoms with Gasteiger partial charge in [-0.15, -0.1) is 6.42 Å². The minimum atomic E-state index is 0.978. The maximum atomic E-state index is 4.96.